The third-order valence-electron chi connectivity index (χ3n) is 5.38. The molecule has 4 N–H and O–H groups in total. The summed E-state index contributed by atoms with van der Waals surface area (Å²) in [6.45, 7) is 4.07. The number of urea groups is 1. The van der Waals surface area contributed by atoms with Crippen LogP contribution in [0.3, 0.4) is 0 Å². The van der Waals surface area contributed by atoms with E-state index in [1.54, 1.807) is 12.3 Å². The number of nitrogens with zero attached hydrogens (tertiary/aromatic N) is 2. The molecule has 30 heavy (non-hydrogen) atoms. The molecule has 1 aliphatic carbocycles. The number of pyridine rings is 2. The molecule has 0 bridgehead atoms. The molecule has 7 nitrogen and oxygen atoms in total. The maximum Gasteiger partial charge on any atom is 0.315 e. The van der Waals surface area contributed by atoms with Gasteiger partial charge in [-0.15, -0.1) is 6.58 Å². The van der Waals surface area contributed by atoms with Crippen LogP contribution >= 0.6 is 11.6 Å². The minimum atomic E-state index is -0.138. The van der Waals surface area contributed by atoms with Crippen molar-refractivity contribution in [2.24, 2.45) is 0 Å². The third kappa shape index (κ3) is 4.74. The first-order valence-corrected chi connectivity index (χ1v) is 10.5. The van der Waals surface area contributed by atoms with Gasteiger partial charge in [0.15, 0.2) is 0 Å². The number of aromatic nitrogens is 3. The molecule has 1 saturated carbocycles. The number of H-pyrrole nitrogens is 1. The Labute approximate surface area is 180 Å². The molecule has 3 aromatic rings. The van der Waals surface area contributed by atoms with Gasteiger partial charge in [-0.2, -0.15) is 0 Å². The molecule has 0 aliphatic heterocycles. The van der Waals surface area contributed by atoms with Crippen LogP contribution in [0.25, 0.3) is 22.2 Å². The SMILES string of the molecule is C=CCNC(=O)NC1CCC(Nc2cc(-c3c[nH]c4ncccc34)cc(Cl)n2)CC1. The van der Waals surface area contributed by atoms with Crippen LogP contribution in [0.1, 0.15) is 25.7 Å². The van der Waals surface area contributed by atoms with E-state index in [1.807, 2.05) is 30.5 Å². The van der Waals surface area contributed by atoms with Crippen molar-refractivity contribution in [2.45, 2.75) is 37.8 Å². The Bertz CT molecular complexity index is 1040. The van der Waals surface area contributed by atoms with Crippen LogP contribution in [0.4, 0.5) is 10.6 Å². The van der Waals surface area contributed by atoms with Crippen molar-refractivity contribution in [1.29, 1.82) is 0 Å². The lowest BCUT2D eigenvalue weighted by molar-refractivity contribution is 0.233. The Balaban J connectivity index is 1.40. The van der Waals surface area contributed by atoms with Gasteiger partial charge in [0.25, 0.3) is 0 Å². The van der Waals surface area contributed by atoms with E-state index in [0.29, 0.717) is 17.7 Å². The summed E-state index contributed by atoms with van der Waals surface area (Å²) >= 11 is 6.32. The molecule has 0 unspecified atom stereocenters. The monoisotopic (exact) mass is 424 g/mol. The predicted molar refractivity (Wildman–Crippen MR) is 121 cm³/mol. The molecule has 4 rings (SSSR count). The maximum atomic E-state index is 11.8. The summed E-state index contributed by atoms with van der Waals surface area (Å²) in [7, 11) is 0. The number of fused-ring (bicyclic) bond motifs is 1. The van der Waals surface area contributed by atoms with Crippen molar-refractivity contribution in [2.75, 3.05) is 11.9 Å². The molecule has 0 saturated heterocycles. The van der Waals surface area contributed by atoms with Gasteiger partial charge in [0.2, 0.25) is 0 Å². The number of halogens is 1. The number of hydrogen-bond donors (Lipinski definition) is 4. The maximum absolute atomic E-state index is 11.8. The summed E-state index contributed by atoms with van der Waals surface area (Å²) in [5.74, 6) is 0.760. The van der Waals surface area contributed by atoms with Crippen LogP contribution in [0.15, 0.2) is 49.3 Å². The molecule has 0 spiro atoms. The second-order valence-electron chi connectivity index (χ2n) is 7.50. The van der Waals surface area contributed by atoms with Gasteiger partial charge in [-0.1, -0.05) is 17.7 Å². The number of amides is 2. The summed E-state index contributed by atoms with van der Waals surface area (Å²) in [5, 5.41) is 10.8. The third-order valence-corrected chi connectivity index (χ3v) is 5.57. The molecule has 8 heteroatoms. The van der Waals surface area contributed by atoms with Crippen LogP contribution in [0.2, 0.25) is 5.15 Å². The van der Waals surface area contributed by atoms with Crippen molar-refractivity contribution in [3.05, 3.63) is 54.5 Å². The highest BCUT2D eigenvalue weighted by Crippen LogP contribution is 2.31. The van der Waals surface area contributed by atoms with Crippen LogP contribution < -0.4 is 16.0 Å². The lowest BCUT2D eigenvalue weighted by Crippen LogP contribution is -2.44. The number of aromatic amines is 1. The zero-order valence-corrected chi connectivity index (χ0v) is 17.4. The highest BCUT2D eigenvalue weighted by atomic mass is 35.5. The normalized spacial score (nSPS) is 18.7. The molecule has 3 aromatic heterocycles. The second kappa shape index (κ2) is 9.17. The number of rotatable bonds is 6. The van der Waals surface area contributed by atoms with Gasteiger partial charge in [0.1, 0.15) is 16.6 Å². The summed E-state index contributed by atoms with van der Waals surface area (Å²) in [6.07, 6.45) is 9.12. The van der Waals surface area contributed by atoms with E-state index in [-0.39, 0.29) is 12.1 Å². The molecule has 1 fully saturated rings. The fourth-order valence-electron chi connectivity index (χ4n) is 3.91. The van der Waals surface area contributed by atoms with Crippen molar-refractivity contribution < 1.29 is 4.79 Å². The van der Waals surface area contributed by atoms with E-state index in [1.165, 1.54) is 0 Å². The molecule has 0 radical (unpaired) electrons. The minimum absolute atomic E-state index is 0.138. The molecular weight excluding hydrogens is 400 g/mol. The summed E-state index contributed by atoms with van der Waals surface area (Å²) in [5.41, 5.74) is 2.88. The Morgan fingerprint density at radius 1 is 1.27 bits per heavy atom. The van der Waals surface area contributed by atoms with Gasteiger partial charge in [0, 0.05) is 42.0 Å². The quantitative estimate of drug-likeness (QED) is 0.346. The fourth-order valence-corrected chi connectivity index (χ4v) is 4.12. The van der Waals surface area contributed by atoms with E-state index in [0.717, 1.165) is 53.7 Å². The minimum Gasteiger partial charge on any atom is -0.367 e. The Hall–Kier alpha value is -3.06. The fraction of sp³-hybridized carbons (Fsp3) is 0.318. The van der Waals surface area contributed by atoms with Crippen LogP contribution in [-0.4, -0.2) is 39.6 Å². The Morgan fingerprint density at radius 3 is 2.87 bits per heavy atom. The molecular formula is C22H25ClN6O. The lowest BCUT2D eigenvalue weighted by Gasteiger charge is -2.30. The summed E-state index contributed by atoms with van der Waals surface area (Å²) in [4.78, 5) is 23.8. The van der Waals surface area contributed by atoms with Gasteiger partial charge < -0.3 is 20.9 Å². The van der Waals surface area contributed by atoms with Gasteiger partial charge in [-0.3, -0.25) is 0 Å². The molecule has 2 amide bonds. The largest absolute Gasteiger partial charge is 0.367 e. The first-order chi connectivity index (χ1) is 14.6. The first-order valence-electron chi connectivity index (χ1n) is 10.1. The zero-order chi connectivity index (χ0) is 20.9. The van der Waals surface area contributed by atoms with E-state index >= 15 is 0 Å². The van der Waals surface area contributed by atoms with Crippen LogP contribution in [0.5, 0.6) is 0 Å². The first kappa shape index (κ1) is 20.2. The predicted octanol–water partition coefficient (Wildman–Crippen LogP) is 4.49. The highest BCUT2D eigenvalue weighted by molar-refractivity contribution is 6.29. The zero-order valence-electron chi connectivity index (χ0n) is 16.6. The number of carbonyl (C=O) groups excluding carboxylic acids is 1. The molecule has 156 valence electrons. The van der Waals surface area contributed by atoms with Crippen molar-refractivity contribution >= 4 is 34.5 Å². The van der Waals surface area contributed by atoms with Gasteiger partial charge >= 0.3 is 6.03 Å². The van der Waals surface area contributed by atoms with Crippen LogP contribution in [0, 0.1) is 0 Å². The van der Waals surface area contributed by atoms with E-state index in [2.05, 4.69) is 37.5 Å². The van der Waals surface area contributed by atoms with Gasteiger partial charge in [0.05, 0.1) is 0 Å². The number of carbonyl (C=O) groups is 1. The van der Waals surface area contributed by atoms with Crippen molar-refractivity contribution in [3.63, 3.8) is 0 Å². The van der Waals surface area contributed by atoms with Gasteiger partial charge in [-0.05, 0) is 55.5 Å². The molecule has 1 aliphatic rings. The summed E-state index contributed by atoms with van der Waals surface area (Å²) < 4.78 is 0. The standard InChI is InChI=1S/C22H25ClN6O/c1-2-9-25-22(30)28-16-7-5-15(6-8-16)27-20-12-14(11-19(23)29-20)18-13-26-21-17(18)4-3-10-24-21/h2-4,10-13,15-16H,1,5-9H2,(H,24,26)(H,27,29)(H2,25,28,30). The van der Waals surface area contributed by atoms with Crippen molar-refractivity contribution in [1.82, 2.24) is 25.6 Å². The van der Waals surface area contributed by atoms with E-state index in [4.69, 9.17) is 11.6 Å². The smallest absolute Gasteiger partial charge is 0.315 e. The average molecular weight is 425 g/mol. The number of anilines is 1. The summed E-state index contributed by atoms with van der Waals surface area (Å²) in [6, 6.07) is 8.19. The Kier molecular flexibility index (Phi) is 6.18. The highest BCUT2D eigenvalue weighted by Gasteiger charge is 2.23. The molecule has 0 atom stereocenters. The lowest BCUT2D eigenvalue weighted by atomic mass is 9.91. The van der Waals surface area contributed by atoms with Crippen LogP contribution in [-0.2, 0) is 0 Å². The average Bonchev–Trinajstić information content (AvgIpc) is 3.17. The van der Waals surface area contributed by atoms with E-state index < -0.39 is 0 Å². The second-order valence-corrected chi connectivity index (χ2v) is 7.89. The topological polar surface area (TPSA) is 94.7 Å². The molecule has 3 heterocycles. The molecule has 0 aromatic carbocycles. The van der Waals surface area contributed by atoms with Gasteiger partial charge in [-0.25, -0.2) is 14.8 Å². The Morgan fingerprint density at radius 2 is 2.07 bits per heavy atom. The van der Waals surface area contributed by atoms with Crippen molar-refractivity contribution in [3.8, 4) is 11.1 Å². The van der Waals surface area contributed by atoms with E-state index in [9.17, 15) is 4.79 Å². The number of hydrogen-bond acceptors (Lipinski definition) is 4. The number of nitrogens with one attached hydrogen (secondary N) is 4.